The molecular weight excluding hydrogens is 325 g/mol. The van der Waals surface area contributed by atoms with Crippen molar-refractivity contribution in [2.45, 2.75) is 6.04 Å². The van der Waals surface area contributed by atoms with Gasteiger partial charge in [-0.3, -0.25) is 0 Å². The molecule has 1 atom stereocenters. The van der Waals surface area contributed by atoms with Crippen LogP contribution in [0.1, 0.15) is 17.2 Å². The second-order valence-corrected chi connectivity index (χ2v) is 6.07. The van der Waals surface area contributed by atoms with Crippen molar-refractivity contribution in [3.8, 4) is 0 Å². The molecule has 0 amide bonds. The van der Waals surface area contributed by atoms with Crippen LogP contribution in [0.4, 0.5) is 4.39 Å². The number of halogens is 2. The molecule has 19 heavy (non-hydrogen) atoms. The highest BCUT2D eigenvalue weighted by molar-refractivity contribution is 9.10. The Morgan fingerprint density at radius 2 is 1.95 bits per heavy atom. The highest BCUT2D eigenvalue weighted by Crippen LogP contribution is 2.36. The molecule has 1 unspecified atom stereocenters. The maximum atomic E-state index is 13.3. The number of hydrogen-bond acceptors (Lipinski definition) is 2. The van der Waals surface area contributed by atoms with Gasteiger partial charge in [0.25, 0.3) is 0 Å². The summed E-state index contributed by atoms with van der Waals surface area (Å²) in [6, 6.07) is 12.2. The average molecular weight is 336 g/mol. The molecule has 0 aliphatic rings. The first-order valence-corrected chi connectivity index (χ1v) is 7.51. The molecule has 2 aromatic carbocycles. The van der Waals surface area contributed by atoms with Crippen LogP contribution in [0.5, 0.6) is 0 Å². The van der Waals surface area contributed by atoms with Gasteiger partial charge >= 0.3 is 0 Å². The quantitative estimate of drug-likeness (QED) is 0.711. The topological polar surface area (TPSA) is 26.0 Å². The van der Waals surface area contributed by atoms with Gasteiger partial charge in [0.15, 0.2) is 0 Å². The van der Waals surface area contributed by atoms with Crippen LogP contribution in [0.2, 0.25) is 0 Å². The third-order valence-electron chi connectivity index (χ3n) is 3.12. The fourth-order valence-corrected chi connectivity index (χ4v) is 3.82. The first-order chi connectivity index (χ1) is 9.16. The maximum Gasteiger partial charge on any atom is 0.123 e. The molecule has 0 saturated carbocycles. The van der Waals surface area contributed by atoms with Crippen molar-refractivity contribution in [1.82, 2.24) is 0 Å². The van der Waals surface area contributed by atoms with Gasteiger partial charge in [-0.1, -0.05) is 24.3 Å². The summed E-state index contributed by atoms with van der Waals surface area (Å²) in [5.41, 5.74) is 8.10. The third kappa shape index (κ3) is 2.31. The number of fused-ring (bicyclic) bond motifs is 1. The smallest absolute Gasteiger partial charge is 0.123 e. The van der Waals surface area contributed by atoms with E-state index in [1.807, 2.05) is 29.6 Å². The number of hydrogen-bond donors (Lipinski definition) is 1. The van der Waals surface area contributed by atoms with Crippen molar-refractivity contribution < 1.29 is 4.39 Å². The lowest BCUT2D eigenvalue weighted by Gasteiger charge is -2.11. The van der Waals surface area contributed by atoms with E-state index in [2.05, 4.69) is 15.9 Å². The Morgan fingerprint density at radius 1 is 1.16 bits per heavy atom. The minimum absolute atomic E-state index is 0.256. The SMILES string of the molecule is NC(c1cccc(F)c1)c1csc2c(Br)cccc12. The summed E-state index contributed by atoms with van der Waals surface area (Å²) < 4.78 is 15.5. The third-order valence-corrected chi connectivity index (χ3v) is 5.10. The Morgan fingerprint density at radius 3 is 2.74 bits per heavy atom. The summed E-state index contributed by atoms with van der Waals surface area (Å²) in [6.07, 6.45) is 0. The number of rotatable bonds is 2. The van der Waals surface area contributed by atoms with Crippen LogP contribution in [0.3, 0.4) is 0 Å². The van der Waals surface area contributed by atoms with Gasteiger partial charge in [0, 0.05) is 9.17 Å². The van der Waals surface area contributed by atoms with Crippen LogP contribution < -0.4 is 5.73 Å². The second-order valence-electron chi connectivity index (χ2n) is 4.34. The normalized spacial score (nSPS) is 12.8. The zero-order chi connectivity index (χ0) is 13.4. The molecular formula is C15H11BrFNS. The Hall–Kier alpha value is -1.23. The van der Waals surface area contributed by atoms with E-state index in [9.17, 15) is 4.39 Å². The van der Waals surface area contributed by atoms with Gasteiger partial charge in [0.2, 0.25) is 0 Å². The minimum atomic E-state index is -0.307. The Bertz CT molecular complexity index is 738. The molecule has 0 bridgehead atoms. The molecule has 0 fully saturated rings. The lowest BCUT2D eigenvalue weighted by Crippen LogP contribution is -2.11. The average Bonchev–Trinajstić information content (AvgIpc) is 2.83. The Kier molecular flexibility index (Phi) is 3.39. The van der Waals surface area contributed by atoms with Crippen molar-refractivity contribution in [2.24, 2.45) is 5.73 Å². The maximum absolute atomic E-state index is 13.3. The Labute approximate surface area is 123 Å². The van der Waals surface area contributed by atoms with Gasteiger partial charge in [0.05, 0.1) is 6.04 Å². The summed E-state index contributed by atoms with van der Waals surface area (Å²) in [5, 5.41) is 3.17. The molecule has 4 heteroatoms. The number of thiophene rings is 1. The van der Waals surface area contributed by atoms with Crippen molar-refractivity contribution in [3.05, 3.63) is 69.3 Å². The largest absolute Gasteiger partial charge is 0.320 e. The zero-order valence-corrected chi connectivity index (χ0v) is 12.3. The molecule has 3 rings (SSSR count). The van der Waals surface area contributed by atoms with Crippen LogP contribution in [0.25, 0.3) is 10.1 Å². The summed E-state index contributed by atoms with van der Waals surface area (Å²) in [7, 11) is 0. The van der Waals surface area contributed by atoms with Crippen LogP contribution in [0.15, 0.2) is 52.3 Å². The standard InChI is InChI=1S/C15H11BrFNS/c16-13-6-2-5-11-12(8-19-15(11)13)14(18)9-3-1-4-10(17)7-9/h1-8,14H,18H2. The molecule has 0 saturated heterocycles. The second kappa shape index (κ2) is 5.04. The summed E-state index contributed by atoms with van der Waals surface area (Å²) in [6.45, 7) is 0. The summed E-state index contributed by atoms with van der Waals surface area (Å²) in [5.74, 6) is -0.256. The Balaban J connectivity index is 2.12. The van der Waals surface area contributed by atoms with E-state index in [0.717, 1.165) is 21.0 Å². The van der Waals surface area contributed by atoms with Gasteiger partial charge in [-0.25, -0.2) is 4.39 Å². The fraction of sp³-hybridized carbons (Fsp3) is 0.0667. The van der Waals surface area contributed by atoms with Gasteiger partial charge in [-0.05, 0) is 56.0 Å². The highest BCUT2D eigenvalue weighted by Gasteiger charge is 2.15. The first kappa shape index (κ1) is 12.8. The van der Waals surface area contributed by atoms with Gasteiger partial charge < -0.3 is 5.73 Å². The minimum Gasteiger partial charge on any atom is -0.320 e. The molecule has 3 aromatic rings. The molecule has 2 N–H and O–H groups in total. The molecule has 0 aliphatic carbocycles. The lowest BCUT2D eigenvalue weighted by molar-refractivity contribution is 0.624. The van der Waals surface area contributed by atoms with E-state index in [-0.39, 0.29) is 11.9 Å². The molecule has 0 radical (unpaired) electrons. The first-order valence-electron chi connectivity index (χ1n) is 5.83. The van der Waals surface area contributed by atoms with E-state index in [4.69, 9.17) is 5.73 Å². The van der Waals surface area contributed by atoms with Crippen LogP contribution in [-0.4, -0.2) is 0 Å². The zero-order valence-electron chi connectivity index (χ0n) is 9.94. The molecule has 0 aliphatic heterocycles. The van der Waals surface area contributed by atoms with Gasteiger partial charge in [-0.2, -0.15) is 0 Å². The summed E-state index contributed by atoms with van der Waals surface area (Å²) in [4.78, 5) is 0. The molecule has 96 valence electrons. The fourth-order valence-electron chi connectivity index (χ4n) is 2.16. The predicted molar refractivity (Wildman–Crippen MR) is 82.0 cm³/mol. The van der Waals surface area contributed by atoms with Crippen molar-refractivity contribution >= 4 is 37.4 Å². The number of benzene rings is 2. The van der Waals surface area contributed by atoms with E-state index in [0.29, 0.717) is 0 Å². The van der Waals surface area contributed by atoms with Crippen molar-refractivity contribution in [3.63, 3.8) is 0 Å². The van der Waals surface area contributed by atoms with E-state index in [1.54, 1.807) is 17.4 Å². The van der Waals surface area contributed by atoms with Gasteiger partial charge in [-0.15, -0.1) is 11.3 Å². The van der Waals surface area contributed by atoms with E-state index in [1.165, 1.54) is 16.8 Å². The van der Waals surface area contributed by atoms with Gasteiger partial charge in [0.1, 0.15) is 5.82 Å². The van der Waals surface area contributed by atoms with E-state index >= 15 is 0 Å². The van der Waals surface area contributed by atoms with Crippen LogP contribution in [-0.2, 0) is 0 Å². The van der Waals surface area contributed by atoms with Crippen molar-refractivity contribution in [1.29, 1.82) is 0 Å². The predicted octanol–water partition coefficient (Wildman–Crippen LogP) is 4.85. The summed E-state index contributed by atoms with van der Waals surface area (Å²) >= 11 is 5.18. The van der Waals surface area contributed by atoms with Crippen LogP contribution in [0, 0.1) is 5.82 Å². The van der Waals surface area contributed by atoms with Crippen LogP contribution >= 0.6 is 27.3 Å². The molecule has 1 heterocycles. The molecule has 1 nitrogen and oxygen atoms in total. The monoisotopic (exact) mass is 335 g/mol. The number of nitrogens with two attached hydrogens (primary N) is 1. The van der Waals surface area contributed by atoms with Crippen molar-refractivity contribution in [2.75, 3.05) is 0 Å². The highest BCUT2D eigenvalue weighted by atomic mass is 79.9. The van der Waals surface area contributed by atoms with E-state index < -0.39 is 0 Å². The molecule has 1 aromatic heterocycles. The molecule has 0 spiro atoms. The lowest BCUT2D eigenvalue weighted by atomic mass is 9.99.